The van der Waals surface area contributed by atoms with Gasteiger partial charge in [0.05, 0.1) is 26.2 Å². The molecule has 1 aliphatic rings. The summed E-state index contributed by atoms with van der Waals surface area (Å²) in [6.07, 6.45) is -1.00. The number of nitrogens with two attached hydrogens (primary N) is 1. The summed E-state index contributed by atoms with van der Waals surface area (Å²) in [5.41, 5.74) is 5.06. The van der Waals surface area contributed by atoms with E-state index in [0.29, 0.717) is 6.54 Å². The highest BCUT2D eigenvalue weighted by Gasteiger charge is 2.28. The Balaban J connectivity index is 2.41. The molecule has 1 heterocycles. The summed E-state index contributed by atoms with van der Waals surface area (Å²) < 4.78 is 4.97. The molecule has 1 saturated heterocycles. The van der Waals surface area contributed by atoms with Gasteiger partial charge in [-0.1, -0.05) is 0 Å². The molecule has 17 heavy (non-hydrogen) atoms. The van der Waals surface area contributed by atoms with Crippen LogP contribution < -0.4 is 11.1 Å². The van der Waals surface area contributed by atoms with Crippen molar-refractivity contribution in [3.8, 4) is 0 Å². The van der Waals surface area contributed by atoms with E-state index in [2.05, 4.69) is 5.32 Å². The second-order valence-electron chi connectivity index (χ2n) is 3.52. The maximum absolute atomic E-state index is 11.6. The fourth-order valence-electron chi connectivity index (χ4n) is 1.38. The minimum Gasteiger partial charge on any atom is -0.479 e. The van der Waals surface area contributed by atoms with E-state index in [-0.39, 0.29) is 32.1 Å². The number of carbonyl (C=O) groups excluding carboxylic acids is 2. The second-order valence-corrected chi connectivity index (χ2v) is 3.52. The third kappa shape index (κ3) is 4.00. The quantitative estimate of drug-likeness (QED) is 0.498. The Bertz CT molecular complexity index is 320. The van der Waals surface area contributed by atoms with Gasteiger partial charge < -0.3 is 25.8 Å². The maximum Gasteiger partial charge on any atom is 0.334 e. The molecule has 4 N–H and O–H groups in total. The van der Waals surface area contributed by atoms with Gasteiger partial charge in [-0.25, -0.2) is 4.79 Å². The van der Waals surface area contributed by atoms with Crippen LogP contribution in [-0.2, 0) is 19.1 Å². The lowest BCUT2D eigenvalue weighted by molar-refractivity contribution is -0.159. The van der Waals surface area contributed by atoms with E-state index in [1.54, 1.807) is 0 Å². The van der Waals surface area contributed by atoms with E-state index in [9.17, 15) is 14.4 Å². The number of rotatable bonds is 4. The third-order valence-electron chi connectivity index (χ3n) is 2.32. The first-order chi connectivity index (χ1) is 8.04. The predicted octanol–water partition coefficient (Wildman–Crippen LogP) is -2.63. The van der Waals surface area contributed by atoms with E-state index in [1.807, 2.05) is 0 Å². The first-order valence-electron chi connectivity index (χ1n) is 5.13. The van der Waals surface area contributed by atoms with Crippen molar-refractivity contribution < 1.29 is 24.2 Å². The highest BCUT2D eigenvalue weighted by Crippen LogP contribution is 2.05. The maximum atomic E-state index is 11.6. The van der Waals surface area contributed by atoms with Crippen molar-refractivity contribution in [1.82, 2.24) is 10.2 Å². The molecule has 1 aliphatic heterocycles. The first kappa shape index (κ1) is 13.4. The van der Waals surface area contributed by atoms with Gasteiger partial charge in [0, 0.05) is 6.54 Å². The van der Waals surface area contributed by atoms with Crippen molar-refractivity contribution in [1.29, 1.82) is 0 Å². The van der Waals surface area contributed by atoms with Gasteiger partial charge in [0.15, 0.2) is 6.10 Å². The smallest absolute Gasteiger partial charge is 0.334 e. The molecular weight excluding hydrogens is 230 g/mol. The Hall–Kier alpha value is -1.67. The van der Waals surface area contributed by atoms with E-state index in [1.165, 1.54) is 4.90 Å². The molecule has 0 aliphatic carbocycles. The molecule has 0 aromatic rings. The standard InChI is InChI=1S/C9H15N3O5/c10-3-7(13)11-4-8(14)12-1-2-17-6(5-12)9(15)16/h6H,1-5,10H2,(H,11,13)(H,15,16). The molecule has 1 rings (SSSR count). The number of amides is 2. The summed E-state index contributed by atoms with van der Waals surface area (Å²) in [4.78, 5) is 34.5. The number of ether oxygens (including phenoxy) is 1. The van der Waals surface area contributed by atoms with E-state index >= 15 is 0 Å². The number of nitrogens with zero attached hydrogens (tertiary/aromatic N) is 1. The van der Waals surface area contributed by atoms with Crippen LogP contribution in [0.25, 0.3) is 0 Å². The number of nitrogens with one attached hydrogen (secondary N) is 1. The van der Waals surface area contributed by atoms with Crippen LogP contribution in [-0.4, -0.2) is 66.7 Å². The van der Waals surface area contributed by atoms with Crippen LogP contribution >= 0.6 is 0 Å². The molecule has 0 spiro atoms. The van der Waals surface area contributed by atoms with Gasteiger partial charge in [0.1, 0.15) is 0 Å². The molecule has 1 atom stereocenters. The molecule has 0 bridgehead atoms. The Morgan fingerprint density at radius 2 is 2.18 bits per heavy atom. The lowest BCUT2D eigenvalue weighted by Crippen LogP contribution is -2.51. The molecule has 1 unspecified atom stereocenters. The average molecular weight is 245 g/mol. The van der Waals surface area contributed by atoms with Crippen LogP contribution in [0.15, 0.2) is 0 Å². The number of hydrogen-bond acceptors (Lipinski definition) is 5. The molecule has 1 fully saturated rings. The van der Waals surface area contributed by atoms with Gasteiger partial charge in [0.25, 0.3) is 0 Å². The topological polar surface area (TPSA) is 122 Å². The largest absolute Gasteiger partial charge is 0.479 e. The molecule has 8 heteroatoms. The SMILES string of the molecule is NCC(=O)NCC(=O)N1CCOC(C(=O)O)C1. The number of hydrogen-bond donors (Lipinski definition) is 3. The molecule has 2 amide bonds. The molecule has 0 aromatic carbocycles. The minimum absolute atomic E-state index is 0.00728. The van der Waals surface area contributed by atoms with Crippen molar-refractivity contribution >= 4 is 17.8 Å². The third-order valence-corrected chi connectivity index (χ3v) is 2.32. The Kier molecular flexibility index (Phi) is 4.85. The average Bonchev–Trinajstić information content (AvgIpc) is 2.35. The number of carbonyl (C=O) groups is 3. The molecule has 0 radical (unpaired) electrons. The van der Waals surface area contributed by atoms with Crippen LogP contribution in [0.3, 0.4) is 0 Å². The molecule has 0 aromatic heterocycles. The first-order valence-corrected chi connectivity index (χ1v) is 5.13. The number of carboxylic acid groups (broad SMARTS) is 1. The lowest BCUT2D eigenvalue weighted by Gasteiger charge is -2.30. The lowest BCUT2D eigenvalue weighted by atomic mass is 10.2. The summed E-state index contributed by atoms with van der Waals surface area (Å²) >= 11 is 0. The Labute approximate surface area is 97.7 Å². The molecular formula is C9H15N3O5. The van der Waals surface area contributed by atoms with Gasteiger partial charge in [-0.15, -0.1) is 0 Å². The minimum atomic E-state index is -1.10. The Morgan fingerprint density at radius 1 is 1.47 bits per heavy atom. The summed E-state index contributed by atoms with van der Waals surface area (Å²) in [6, 6.07) is 0. The molecule has 96 valence electrons. The fraction of sp³-hybridized carbons (Fsp3) is 0.667. The van der Waals surface area contributed by atoms with Crippen LogP contribution in [0, 0.1) is 0 Å². The van der Waals surface area contributed by atoms with Crippen molar-refractivity contribution in [3.63, 3.8) is 0 Å². The van der Waals surface area contributed by atoms with Crippen molar-refractivity contribution in [3.05, 3.63) is 0 Å². The van der Waals surface area contributed by atoms with E-state index < -0.39 is 18.0 Å². The zero-order chi connectivity index (χ0) is 12.8. The number of aliphatic carboxylic acids is 1. The fourth-order valence-corrected chi connectivity index (χ4v) is 1.38. The van der Waals surface area contributed by atoms with E-state index in [4.69, 9.17) is 15.6 Å². The number of carboxylic acids is 1. The second kappa shape index (κ2) is 6.16. The van der Waals surface area contributed by atoms with Crippen LogP contribution in [0.5, 0.6) is 0 Å². The number of morpholine rings is 1. The van der Waals surface area contributed by atoms with Crippen molar-refractivity contribution in [2.75, 3.05) is 32.8 Å². The molecule has 8 nitrogen and oxygen atoms in total. The zero-order valence-corrected chi connectivity index (χ0v) is 9.22. The van der Waals surface area contributed by atoms with Gasteiger partial charge in [0.2, 0.25) is 11.8 Å². The summed E-state index contributed by atoms with van der Waals surface area (Å²) in [7, 11) is 0. The van der Waals surface area contributed by atoms with Gasteiger partial charge in [-0.05, 0) is 0 Å². The highest BCUT2D eigenvalue weighted by molar-refractivity contribution is 5.86. The summed E-state index contributed by atoms with van der Waals surface area (Å²) in [5, 5.41) is 11.1. The predicted molar refractivity (Wildman–Crippen MR) is 56.0 cm³/mol. The van der Waals surface area contributed by atoms with Crippen molar-refractivity contribution in [2.24, 2.45) is 5.73 Å². The van der Waals surface area contributed by atoms with Crippen molar-refractivity contribution in [2.45, 2.75) is 6.10 Å². The van der Waals surface area contributed by atoms with Gasteiger partial charge in [-0.3, -0.25) is 9.59 Å². The van der Waals surface area contributed by atoms with Gasteiger partial charge >= 0.3 is 5.97 Å². The van der Waals surface area contributed by atoms with E-state index in [0.717, 1.165) is 0 Å². The molecule has 0 saturated carbocycles. The zero-order valence-electron chi connectivity index (χ0n) is 9.22. The van der Waals surface area contributed by atoms with Crippen LogP contribution in [0.2, 0.25) is 0 Å². The van der Waals surface area contributed by atoms with Crippen LogP contribution in [0.4, 0.5) is 0 Å². The summed E-state index contributed by atoms with van der Waals surface area (Å²) in [5.74, 6) is -1.88. The monoisotopic (exact) mass is 245 g/mol. The van der Waals surface area contributed by atoms with Gasteiger partial charge in [-0.2, -0.15) is 0 Å². The Morgan fingerprint density at radius 3 is 2.76 bits per heavy atom. The van der Waals surface area contributed by atoms with Crippen LogP contribution in [0.1, 0.15) is 0 Å². The normalized spacial score (nSPS) is 19.8. The summed E-state index contributed by atoms with van der Waals surface area (Å²) in [6.45, 7) is 0.123. The highest BCUT2D eigenvalue weighted by atomic mass is 16.5.